The molecule has 0 aliphatic carbocycles. The van der Waals surface area contributed by atoms with E-state index in [-0.39, 0.29) is 5.69 Å². The number of rotatable bonds is 1. The van der Waals surface area contributed by atoms with Crippen LogP contribution < -0.4 is 5.73 Å². The predicted octanol–water partition coefficient (Wildman–Crippen LogP) is 3.63. The molecule has 0 aliphatic rings. The zero-order chi connectivity index (χ0) is 14.3. The molecule has 0 amide bonds. The summed E-state index contributed by atoms with van der Waals surface area (Å²) >= 11 is 0. The van der Waals surface area contributed by atoms with Crippen LogP contribution in [0.3, 0.4) is 0 Å². The molecule has 0 atom stereocenters. The first-order chi connectivity index (χ1) is 9.45. The molecule has 0 spiro atoms. The maximum absolute atomic E-state index is 12.8. The number of benzene rings is 2. The Morgan fingerprint density at radius 2 is 1.80 bits per heavy atom. The lowest BCUT2D eigenvalue weighted by atomic mass is 10.1. The van der Waals surface area contributed by atoms with Gasteiger partial charge < -0.3 is 5.73 Å². The average Bonchev–Trinajstić information content (AvgIpc) is 2.80. The summed E-state index contributed by atoms with van der Waals surface area (Å²) in [5.41, 5.74) is 6.64. The first-order valence-electron chi connectivity index (χ1n) is 5.85. The first-order valence-corrected chi connectivity index (χ1v) is 5.85. The van der Waals surface area contributed by atoms with E-state index < -0.39 is 11.7 Å². The van der Waals surface area contributed by atoms with Gasteiger partial charge in [-0.2, -0.15) is 13.2 Å². The van der Waals surface area contributed by atoms with Gasteiger partial charge in [0, 0.05) is 11.4 Å². The number of fused-ring (bicyclic) bond motifs is 1. The standard InChI is InChI=1S/C14H10F3N3/c15-14(16,17)9-5-10(18)7-11(6-9)20-8-19-12-3-1-2-4-13(12)20/h1-8H,18H2. The van der Waals surface area contributed by atoms with Crippen LogP contribution >= 0.6 is 0 Å². The lowest BCUT2D eigenvalue weighted by Crippen LogP contribution is -2.07. The molecule has 102 valence electrons. The molecule has 0 saturated heterocycles. The molecule has 3 rings (SSSR count). The summed E-state index contributed by atoms with van der Waals surface area (Å²) < 4.78 is 40.1. The Bertz CT molecular complexity index is 775. The third-order valence-electron chi connectivity index (χ3n) is 3.00. The van der Waals surface area contributed by atoms with E-state index in [1.54, 1.807) is 22.8 Å². The van der Waals surface area contributed by atoms with Gasteiger partial charge in [0.15, 0.2) is 0 Å². The van der Waals surface area contributed by atoms with Crippen LogP contribution in [0, 0.1) is 0 Å². The third-order valence-corrected chi connectivity index (χ3v) is 3.00. The number of para-hydroxylation sites is 2. The third kappa shape index (κ3) is 2.09. The van der Waals surface area contributed by atoms with Gasteiger partial charge in [-0.1, -0.05) is 12.1 Å². The fourth-order valence-corrected chi connectivity index (χ4v) is 2.10. The largest absolute Gasteiger partial charge is 0.416 e. The van der Waals surface area contributed by atoms with Crippen molar-refractivity contribution in [1.82, 2.24) is 9.55 Å². The highest BCUT2D eigenvalue weighted by molar-refractivity contribution is 5.77. The Morgan fingerprint density at radius 1 is 1.05 bits per heavy atom. The van der Waals surface area contributed by atoms with Crippen LogP contribution in [0.4, 0.5) is 18.9 Å². The van der Waals surface area contributed by atoms with Crippen LogP contribution in [0.15, 0.2) is 48.8 Å². The van der Waals surface area contributed by atoms with Crippen molar-refractivity contribution in [3.63, 3.8) is 0 Å². The van der Waals surface area contributed by atoms with Crippen molar-refractivity contribution in [3.05, 3.63) is 54.4 Å². The van der Waals surface area contributed by atoms with Crippen molar-refractivity contribution in [1.29, 1.82) is 0 Å². The summed E-state index contributed by atoms with van der Waals surface area (Å²) in [5.74, 6) is 0. The van der Waals surface area contributed by atoms with Crippen LogP contribution in [0.1, 0.15) is 5.56 Å². The summed E-state index contributed by atoms with van der Waals surface area (Å²) in [6.45, 7) is 0. The van der Waals surface area contributed by atoms with E-state index in [9.17, 15) is 13.2 Å². The average molecular weight is 277 g/mol. The lowest BCUT2D eigenvalue weighted by molar-refractivity contribution is -0.137. The first kappa shape index (κ1) is 12.5. The van der Waals surface area contributed by atoms with E-state index in [0.29, 0.717) is 11.2 Å². The second kappa shape index (κ2) is 4.26. The molecule has 6 heteroatoms. The van der Waals surface area contributed by atoms with E-state index in [2.05, 4.69) is 4.98 Å². The number of alkyl halides is 3. The van der Waals surface area contributed by atoms with Gasteiger partial charge in [-0.25, -0.2) is 4.98 Å². The molecule has 0 bridgehead atoms. The van der Waals surface area contributed by atoms with Crippen molar-refractivity contribution >= 4 is 16.7 Å². The molecule has 3 aromatic rings. The second-order valence-electron chi connectivity index (χ2n) is 4.41. The molecule has 0 radical (unpaired) electrons. The second-order valence-corrected chi connectivity index (χ2v) is 4.41. The number of imidazole rings is 1. The van der Waals surface area contributed by atoms with Gasteiger partial charge in [-0.15, -0.1) is 0 Å². The van der Waals surface area contributed by atoms with Crippen LogP contribution in [0.25, 0.3) is 16.7 Å². The molecular formula is C14H10F3N3. The fourth-order valence-electron chi connectivity index (χ4n) is 2.10. The molecule has 20 heavy (non-hydrogen) atoms. The van der Waals surface area contributed by atoms with Gasteiger partial charge in [0.2, 0.25) is 0 Å². The minimum absolute atomic E-state index is 0.0626. The van der Waals surface area contributed by atoms with E-state index in [1.165, 1.54) is 12.4 Å². The van der Waals surface area contributed by atoms with Crippen molar-refractivity contribution < 1.29 is 13.2 Å². The lowest BCUT2D eigenvalue weighted by Gasteiger charge is -2.11. The van der Waals surface area contributed by atoms with Gasteiger partial charge in [-0.3, -0.25) is 4.57 Å². The molecule has 3 nitrogen and oxygen atoms in total. The van der Waals surface area contributed by atoms with Gasteiger partial charge in [0.1, 0.15) is 6.33 Å². The Kier molecular flexibility index (Phi) is 2.67. The van der Waals surface area contributed by atoms with Crippen molar-refractivity contribution in [2.24, 2.45) is 0 Å². The summed E-state index contributed by atoms with van der Waals surface area (Å²) in [4.78, 5) is 4.16. The molecule has 1 aromatic heterocycles. The van der Waals surface area contributed by atoms with Gasteiger partial charge >= 0.3 is 6.18 Å². The quantitative estimate of drug-likeness (QED) is 0.690. The zero-order valence-corrected chi connectivity index (χ0v) is 10.2. The number of anilines is 1. The summed E-state index contributed by atoms with van der Waals surface area (Å²) in [7, 11) is 0. The number of hydrogen-bond acceptors (Lipinski definition) is 2. The van der Waals surface area contributed by atoms with Crippen molar-refractivity contribution in [2.45, 2.75) is 6.18 Å². The summed E-state index contributed by atoms with van der Waals surface area (Å²) in [6, 6.07) is 10.7. The Balaban J connectivity index is 2.22. The van der Waals surface area contributed by atoms with E-state index >= 15 is 0 Å². The number of nitrogens with zero attached hydrogens (tertiary/aromatic N) is 2. The van der Waals surface area contributed by atoms with Crippen LogP contribution in [0.2, 0.25) is 0 Å². The molecule has 2 N–H and O–H groups in total. The number of aromatic nitrogens is 2. The number of halogens is 3. The highest BCUT2D eigenvalue weighted by atomic mass is 19.4. The summed E-state index contributed by atoms with van der Waals surface area (Å²) in [5, 5.41) is 0. The van der Waals surface area contributed by atoms with E-state index in [1.807, 2.05) is 6.07 Å². The monoisotopic (exact) mass is 277 g/mol. The molecule has 2 aromatic carbocycles. The molecule has 0 fully saturated rings. The highest BCUT2D eigenvalue weighted by Gasteiger charge is 2.31. The van der Waals surface area contributed by atoms with Crippen LogP contribution in [-0.4, -0.2) is 9.55 Å². The number of hydrogen-bond donors (Lipinski definition) is 1. The minimum atomic E-state index is -4.43. The number of nitrogens with two attached hydrogens (primary N) is 1. The highest BCUT2D eigenvalue weighted by Crippen LogP contribution is 2.32. The number of nitrogen functional groups attached to an aromatic ring is 1. The molecular weight excluding hydrogens is 267 g/mol. The molecule has 1 heterocycles. The van der Waals surface area contributed by atoms with Crippen molar-refractivity contribution in [3.8, 4) is 5.69 Å². The molecule has 0 unspecified atom stereocenters. The van der Waals surface area contributed by atoms with Gasteiger partial charge in [0.05, 0.1) is 16.6 Å². The fraction of sp³-hybridized carbons (Fsp3) is 0.0714. The Morgan fingerprint density at radius 3 is 2.55 bits per heavy atom. The van der Waals surface area contributed by atoms with Crippen LogP contribution in [-0.2, 0) is 6.18 Å². The topological polar surface area (TPSA) is 43.8 Å². The summed E-state index contributed by atoms with van der Waals surface area (Å²) in [6.07, 6.45) is -2.94. The van der Waals surface area contributed by atoms with E-state index in [0.717, 1.165) is 17.6 Å². The minimum Gasteiger partial charge on any atom is -0.399 e. The Hall–Kier alpha value is -2.50. The maximum atomic E-state index is 12.8. The van der Waals surface area contributed by atoms with E-state index in [4.69, 9.17) is 5.73 Å². The molecule has 0 saturated carbocycles. The predicted molar refractivity (Wildman–Crippen MR) is 70.5 cm³/mol. The maximum Gasteiger partial charge on any atom is 0.416 e. The Labute approximate surface area is 112 Å². The van der Waals surface area contributed by atoms with Crippen molar-refractivity contribution in [2.75, 3.05) is 5.73 Å². The van der Waals surface area contributed by atoms with Gasteiger partial charge in [-0.05, 0) is 30.3 Å². The normalized spacial score (nSPS) is 11.9. The zero-order valence-electron chi connectivity index (χ0n) is 10.2. The van der Waals surface area contributed by atoms with Crippen LogP contribution in [0.5, 0.6) is 0 Å². The molecule has 0 aliphatic heterocycles. The SMILES string of the molecule is Nc1cc(-n2cnc3ccccc32)cc(C(F)(F)F)c1. The van der Waals surface area contributed by atoms with Gasteiger partial charge in [0.25, 0.3) is 0 Å². The smallest absolute Gasteiger partial charge is 0.399 e.